The van der Waals surface area contributed by atoms with Crippen LogP contribution in [-0.4, -0.2) is 51.0 Å². The van der Waals surface area contributed by atoms with Crippen LogP contribution >= 0.6 is 23.1 Å². The molecule has 0 saturated carbocycles. The van der Waals surface area contributed by atoms with E-state index in [1.165, 1.54) is 17.1 Å². The molecular formula is C24H25N3O3S2. The van der Waals surface area contributed by atoms with Crippen molar-refractivity contribution in [3.05, 3.63) is 60.0 Å². The lowest BCUT2D eigenvalue weighted by Crippen LogP contribution is -2.21. The second-order valence-electron chi connectivity index (χ2n) is 7.81. The third kappa shape index (κ3) is 4.99. The van der Waals surface area contributed by atoms with Crippen LogP contribution in [0, 0.1) is 0 Å². The number of aliphatic hydroxyl groups excluding tert-OH is 1. The number of rotatable bonds is 9. The SMILES string of the molecule is OC(COc1ccc2ccccc2c1)CSc1nnc(-c2cccs2)n1CC1CCCO1. The van der Waals surface area contributed by atoms with Crippen LogP contribution in [0.3, 0.4) is 0 Å². The Balaban J connectivity index is 1.22. The first kappa shape index (κ1) is 21.5. The molecule has 0 spiro atoms. The van der Waals surface area contributed by atoms with Gasteiger partial charge in [-0.05, 0) is 47.2 Å². The van der Waals surface area contributed by atoms with E-state index in [1.807, 2.05) is 41.8 Å². The molecule has 1 fully saturated rings. The molecule has 2 aromatic heterocycles. The fraction of sp³-hybridized carbons (Fsp3) is 0.333. The molecule has 8 heteroatoms. The van der Waals surface area contributed by atoms with E-state index in [9.17, 15) is 5.11 Å². The smallest absolute Gasteiger partial charge is 0.191 e. The summed E-state index contributed by atoms with van der Waals surface area (Å²) in [7, 11) is 0. The molecule has 2 atom stereocenters. The molecule has 0 radical (unpaired) electrons. The number of hydrogen-bond donors (Lipinski definition) is 1. The highest BCUT2D eigenvalue weighted by Crippen LogP contribution is 2.29. The van der Waals surface area contributed by atoms with E-state index in [0.29, 0.717) is 5.75 Å². The van der Waals surface area contributed by atoms with Crippen LogP contribution in [0.4, 0.5) is 0 Å². The largest absolute Gasteiger partial charge is 0.491 e. The minimum Gasteiger partial charge on any atom is -0.491 e. The van der Waals surface area contributed by atoms with Crippen molar-refractivity contribution in [1.82, 2.24) is 14.8 Å². The molecule has 0 bridgehead atoms. The number of ether oxygens (including phenoxy) is 2. The van der Waals surface area contributed by atoms with Crippen molar-refractivity contribution in [3.63, 3.8) is 0 Å². The Kier molecular flexibility index (Phi) is 6.73. The highest BCUT2D eigenvalue weighted by atomic mass is 32.2. The molecule has 5 rings (SSSR count). The molecule has 1 N–H and O–H groups in total. The Morgan fingerprint density at radius 3 is 2.88 bits per heavy atom. The monoisotopic (exact) mass is 467 g/mol. The molecule has 0 amide bonds. The number of nitrogens with zero attached hydrogens (tertiary/aromatic N) is 3. The minimum atomic E-state index is -0.621. The molecule has 4 aromatic rings. The zero-order valence-electron chi connectivity index (χ0n) is 17.6. The third-order valence-corrected chi connectivity index (χ3v) is 7.41. The van der Waals surface area contributed by atoms with Gasteiger partial charge in [0.1, 0.15) is 12.4 Å². The summed E-state index contributed by atoms with van der Waals surface area (Å²) in [5.41, 5.74) is 0. The summed E-state index contributed by atoms with van der Waals surface area (Å²) in [6.45, 7) is 1.77. The maximum absolute atomic E-state index is 10.5. The summed E-state index contributed by atoms with van der Waals surface area (Å²) in [5.74, 6) is 2.09. The van der Waals surface area contributed by atoms with Crippen LogP contribution in [0.25, 0.3) is 21.5 Å². The fourth-order valence-corrected chi connectivity index (χ4v) is 5.38. The molecule has 1 saturated heterocycles. The third-order valence-electron chi connectivity index (χ3n) is 5.44. The molecule has 1 aliphatic heterocycles. The standard InChI is InChI=1S/C24H25N3O3S2/c28-19(15-30-20-10-9-17-5-1-2-6-18(17)13-20)16-32-24-26-25-23(22-8-4-12-31-22)27(24)14-21-7-3-11-29-21/h1-2,4-6,8-10,12-13,19,21,28H,3,7,11,14-16H2. The van der Waals surface area contributed by atoms with Crippen LogP contribution in [0.15, 0.2) is 65.1 Å². The number of hydrogen-bond acceptors (Lipinski definition) is 7. The molecule has 2 unspecified atom stereocenters. The van der Waals surface area contributed by atoms with Gasteiger partial charge in [-0.2, -0.15) is 0 Å². The lowest BCUT2D eigenvalue weighted by molar-refractivity contribution is 0.0953. The second-order valence-corrected chi connectivity index (χ2v) is 9.75. The normalized spacial score (nSPS) is 17.1. The van der Waals surface area contributed by atoms with Crippen molar-refractivity contribution in [2.75, 3.05) is 19.0 Å². The summed E-state index contributed by atoms with van der Waals surface area (Å²) in [6, 6.07) is 18.2. The Morgan fingerprint density at radius 1 is 1.16 bits per heavy atom. The molecule has 32 heavy (non-hydrogen) atoms. The van der Waals surface area contributed by atoms with Crippen molar-refractivity contribution in [1.29, 1.82) is 0 Å². The predicted molar refractivity (Wildman–Crippen MR) is 128 cm³/mol. The average Bonchev–Trinajstić information content (AvgIpc) is 3.59. The van der Waals surface area contributed by atoms with Crippen molar-refractivity contribution in [2.24, 2.45) is 0 Å². The number of fused-ring (bicyclic) bond motifs is 1. The van der Waals surface area contributed by atoms with E-state index in [1.54, 1.807) is 11.3 Å². The first-order valence-electron chi connectivity index (χ1n) is 10.8. The van der Waals surface area contributed by atoms with Crippen LogP contribution in [-0.2, 0) is 11.3 Å². The average molecular weight is 468 g/mol. The van der Waals surface area contributed by atoms with Gasteiger partial charge in [0.05, 0.1) is 23.6 Å². The highest BCUT2D eigenvalue weighted by molar-refractivity contribution is 7.99. The lowest BCUT2D eigenvalue weighted by Gasteiger charge is -2.15. The van der Waals surface area contributed by atoms with Crippen LogP contribution in [0.2, 0.25) is 0 Å². The summed E-state index contributed by atoms with van der Waals surface area (Å²) in [6.07, 6.45) is 1.71. The first-order valence-corrected chi connectivity index (χ1v) is 12.6. The topological polar surface area (TPSA) is 69.4 Å². The minimum absolute atomic E-state index is 0.185. The summed E-state index contributed by atoms with van der Waals surface area (Å²) >= 11 is 3.15. The van der Waals surface area contributed by atoms with Crippen molar-refractivity contribution in [3.8, 4) is 16.5 Å². The Hall–Kier alpha value is -2.39. The van der Waals surface area contributed by atoms with Crippen LogP contribution in [0.1, 0.15) is 12.8 Å². The summed E-state index contributed by atoms with van der Waals surface area (Å²) in [4.78, 5) is 1.09. The first-order chi connectivity index (χ1) is 15.8. The van der Waals surface area contributed by atoms with Gasteiger partial charge in [0.15, 0.2) is 11.0 Å². The number of aliphatic hydroxyl groups is 1. The van der Waals surface area contributed by atoms with Crippen LogP contribution in [0.5, 0.6) is 5.75 Å². The number of aromatic nitrogens is 3. The Labute approximate surface area is 195 Å². The lowest BCUT2D eigenvalue weighted by atomic mass is 10.1. The second kappa shape index (κ2) is 10.0. The van der Waals surface area contributed by atoms with Gasteiger partial charge >= 0.3 is 0 Å². The van der Waals surface area contributed by atoms with Gasteiger partial charge in [-0.25, -0.2) is 0 Å². The van der Waals surface area contributed by atoms with Crippen molar-refractivity contribution >= 4 is 33.9 Å². The van der Waals surface area contributed by atoms with Gasteiger partial charge in [-0.1, -0.05) is 48.2 Å². The van der Waals surface area contributed by atoms with E-state index < -0.39 is 6.10 Å². The number of thioether (sulfide) groups is 1. The van der Waals surface area contributed by atoms with Gasteiger partial charge < -0.3 is 14.6 Å². The van der Waals surface area contributed by atoms with E-state index in [-0.39, 0.29) is 12.7 Å². The van der Waals surface area contributed by atoms with Crippen molar-refractivity contribution in [2.45, 2.75) is 36.8 Å². The molecule has 0 aliphatic carbocycles. The predicted octanol–water partition coefficient (Wildman–Crippen LogP) is 4.87. The van der Waals surface area contributed by atoms with E-state index >= 15 is 0 Å². The fourth-order valence-electron chi connectivity index (χ4n) is 3.81. The maximum Gasteiger partial charge on any atom is 0.191 e. The molecule has 3 heterocycles. The zero-order valence-corrected chi connectivity index (χ0v) is 19.2. The summed E-state index contributed by atoms with van der Waals surface area (Å²) in [5, 5.41) is 24.5. The van der Waals surface area contributed by atoms with E-state index in [0.717, 1.165) is 53.0 Å². The molecular weight excluding hydrogens is 442 g/mol. The van der Waals surface area contributed by atoms with Crippen molar-refractivity contribution < 1.29 is 14.6 Å². The van der Waals surface area contributed by atoms with Gasteiger partial charge in [0.25, 0.3) is 0 Å². The number of benzene rings is 2. The van der Waals surface area contributed by atoms with E-state index in [2.05, 4.69) is 33.0 Å². The quantitative estimate of drug-likeness (QED) is 0.354. The molecule has 2 aromatic carbocycles. The summed E-state index contributed by atoms with van der Waals surface area (Å²) < 4.78 is 13.8. The van der Waals surface area contributed by atoms with Gasteiger partial charge in [-0.15, -0.1) is 21.5 Å². The Morgan fingerprint density at radius 2 is 2.06 bits per heavy atom. The highest BCUT2D eigenvalue weighted by Gasteiger charge is 2.22. The molecule has 6 nitrogen and oxygen atoms in total. The van der Waals surface area contributed by atoms with E-state index in [4.69, 9.17) is 9.47 Å². The van der Waals surface area contributed by atoms with Crippen LogP contribution < -0.4 is 4.74 Å². The molecule has 166 valence electrons. The van der Waals surface area contributed by atoms with Gasteiger partial charge in [0, 0.05) is 12.4 Å². The Bertz CT molecular complexity index is 1160. The van der Waals surface area contributed by atoms with Gasteiger partial charge in [-0.3, -0.25) is 4.57 Å². The maximum atomic E-state index is 10.5. The molecule has 1 aliphatic rings. The number of thiophene rings is 1. The van der Waals surface area contributed by atoms with Gasteiger partial charge in [0.2, 0.25) is 0 Å². The zero-order chi connectivity index (χ0) is 21.8.